The third kappa shape index (κ3) is 135. The largest absolute Gasteiger partial charge is 0.103 e. The summed E-state index contributed by atoms with van der Waals surface area (Å²) >= 11 is 0. The number of benzene rings is 8. The van der Waals surface area contributed by atoms with E-state index < -0.39 is 0 Å². The van der Waals surface area contributed by atoms with Crippen LogP contribution in [0.25, 0.3) is 48.6 Å². The summed E-state index contributed by atoms with van der Waals surface area (Å²) < 4.78 is 0. The molecule has 0 radical (unpaired) electrons. The van der Waals surface area contributed by atoms with Crippen LogP contribution in [0.3, 0.4) is 0 Å². The van der Waals surface area contributed by atoms with Crippen molar-refractivity contribution in [1.82, 2.24) is 0 Å². The van der Waals surface area contributed by atoms with Crippen LogP contribution < -0.4 is 0 Å². The number of unbranched alkanes of at least 4 members (excludes halogenated alkanes) is 15. The highest BCUT2D eigenvalue weighted by Gasteiger charge is 1.87. The zero-order valence-corrected chi connectivity index (χ0v) is 86.7. The van der Waals surface area contributed by atoms with Crippen LogP contribution in [-0.4, -0.2) is 0 Å². The lowest BCUT2D eigenvalue weighted by Crippen LogP contribution is -1.66. The van der Waals surface area contributed by atoms with Gasteiger partial charge in [0.15, 0.2) is 0 Å². The lowest BCUT2D eigenvalue weighted by atomic mass is 10.2. The van der Waals surface area contributed by atoms with Crippen LogP contribution in [-0.2, 0) is 0 Å². The Morgan fingerprint density at radius 2 is 0.254 bits per heavy atom. The van der Waals surface area contributed by atoms with Gasteiger partial charge in [0.2, 0.25) is 0 Å². The summed E-state index contributed by atoms with van der Waals surface area (Å²) in [5.74, 6) is 0. The molecule has 0 unspecified atom stereocenters. The first-order valence-electron chi connectivity index (χ1n) is 49.7. The second-order valence-electron chi connectivity index (χ2n) is 29.0. The molecule has 0 atom stereocenters. The van der Waals surface area contributed by atoms with Gasteiger partial charge in [0.25, 0.3) is 0 Å². The van der Waals surface area contributed by atoms with Crippen molar-refractivity contribution in [1.29, 1.82) is 0 Å². The Labute approximate surface area is 808 Å². The number of hydrogen-bond acceptors (Lipinski definition) is 0. The molecule has 0 N–H and O–H groups in total. The van der Waals surface area contributed by atoms with Crippen molar-refractivity contribution >= 4 is 48.6 Å². The topological polar surface area (TPSA) is 0 Å². The minimum atomic E-state index is 1.08. The molecule has 0 spiro atoms. The highest BCUT2D eigenvalue weighted by atomic mass is 13.9. The maximum Gasteiger partial charge on any atom is -0.0257 e. The third-order valence-electron chi connectivity index (χ3n) is 16.7. The predicted molar refractivity (Wildman–Crippen MR) is 615 cm³/mol. The van der Waals surface area contributed by atoms with E-state index in [2.05, 4.69) is 347 Å². The van der Waals surface area contributed by atoms with Crippen molar-refractivity contribution in [3.8, 4) is 0 Å². The van der Waals surface area contributed by atoms with Crippen molar-refractivity contribution < 1.29 is 0 Å². The van der Waals surface area contributed by atoms with Crippen molar-refractivity contribution in [3.63, 3.8) is 0 Å². The number of hydrogen-bond donors (Lipinski definition) is 0. The Kier molecular flexibility index (Phi) is 143. The zero-order chi connectivity index (χ0) is 98.5. The molecule has 130 heavy (non-hydrogen) atoms. The highest BCUT2D eigenvalue weighted by Crippen LogP contribution is 2.08. The molecule has 0 heterocycles. The van der Waals surface area contributed by atoms with Gasteiger partial charge in [-0.1, -0.05) is 705 Å². The Morgan fingerprint density at radius 1 is 0.146 bits per heavy atom. The average molecular weight is 1760 g/mol. The Morgan fingerprint density at radius 3 is 0.338 bits per heavy atom. The van der Waals surface area contributed by atoms with Gasteiger partial charge in [-0.3, -0.25) is 0 Å². The van der Waals surface area contributed by atoms with Gasteiger partial charge in [-0.2, -0.15) is 0 Å². The van der Waals surface area contributed by atoms with E-state index in [0.29, 0.717) is 0 Å². The van der Waals surface area contributed by atoms with E-state index in [4.69, 9.17) is 0 Å². The Hall–Kier alpha value is -10.9. The first-order chi connectivity index (χ1) is 63.7. The molecule has 714 valence electrons. The van der Waals surface area contributed by atoms with Crippen LogP contribution in [0.1, 0.15) is 349 Å². The van der Waals surface area contributed by atoms with E-state index in [-0.39, 0.29) is 0 Å². The van der Waals surface area contributed by atoms with E-state index in [1.807, 2.05) is 206 Å². The Balaban J connectivity index is -0.000000172. The molecular weight excluding hydrogens is 1560 g/mol. The molecule has 8 rings (SSSR count). The predicted octanol–water partition coefficient (Wildman–Crippen LogP) is 44.4. The van der Waals surface area contributed by atoms with E-state index in [1.165, 1.54) is 199 Å². The van der Waals surface area contributed by atoms with Gasteiger partial charge in [0.1, 0.15) is 0 Å². The fourth-order valence-electron chi connectivity index (χ4n) is 9.26. The second-order valence-corrected chi connectivity index (χ2v) is 29.0. The fraction of sp³-hybridized carbons (Fsp3) is 0.354. The molecule has 0 bridgehead atoms. The summed E-state index contributed by atoms with van der Waals surface area (Å²) in [5.41, 5.74) is 9.83. The van der Waals surface area contributed by atoms with Crippen LogP contribution in [0, 0.1) is 0 Å². The molecule has 0 amide bonds. The smallest absolute Gasteiger partial charge is 0.0257 e. The minimum Gasteiger partial charge on any atom is -0.103 e. The number of allylic oxidation sites excluding steroid dienone is 20. The molecule has 0 heteroatoms. The molecule has 0 fully saturated rings. The molecule has 0 nitrogen and oxygen atoms in total. The van der Waals surface area contributed by atoms with Gasteiger partial charge in [-0.05, 0) is 95.9 Å². The monoisotopic (exact) mass is 1760 g/mol. The van der Waals surface area contributed by atoms with E-state index in [1.54, 1.807) is 36.5 Å². The van der Waals surface area contributed by atoms with Crippen LogP contribution in [0.2, 0.25) is 0 Å². The van der Waals surface area contributed by atoms with E-state index in [9.17, 15) is 0 Å². The van der Waals surface area contributed by atoms with Crippen LogP contribution in [0.15, 0.2) is 417 Å². The lowest BCUT2D eigenvalue weighted by molar-refractivity contribution is 0.702. The zero-order valence-electron chi connectivity index (χ0n) is 86.7. The van der Waals surface area contributed by atoms with Gasteiger partial charge < -0.3 is 0 Å². The Bertz CT molecular complexity index is 3170. The highest BCUT2D eigenvalue weighted by molar-refractivity contribution is 5.54. The van der Waals surface area contributed by atoms with Gasteiger partial charge in [0, 0.05) is 0 Å². The third-order valence-corrected chi connectivity index (χ3v) is 16.7. The molecule has 0 aliphatic carbocycles. The normalized spacial score (nSPS) is 9.65. The van der Waals surface area contributed by atoms with Crippen LogP contribution >= 0.6 is 0 Å². The maximum absolute atomic E-state index is 3.59. The molecule has 0 aliphatic heterocycles. The van der Waals surface area contributed by atoms with Gasteiger partial charge in [-0.25, -0.2) is 0 Å². The van der Waals surface area contributed by atoms with Gasteiger partial charge in [-0.15, -0.1) is 13.2 Å². The maximum atomic E-state index is 3.59. The van der Waals surface area contributed by atoms with Crippen LogP contribution in [0.4, 0.5) is 0 Å². The SMILES string of the molecule is C=C/C=C/c1ccccc1.C=C/C=C/c1ccccc1.C=C/C=C/c1ccccc1.C=C/C=C/c1ccccc1.C=C/C=C/c1ccccc1.C=C/C=C/c1ccccc1.C=CCC.C=CCC.CC/C=C/c1ccccc1.CC/C=C/c1ccccc1.CCC=CCC.CCC=CCC.CCCCCC.CCCCCC.CCCCCC.CCCCCC.CCCCCC. The second kappa shape index (κ2) is 136. The first-order valence-corrected chi connectivity index (χ1v) is 49.7. The van der Waals surface area contributed by atoms with E-state index >= 15 is 0 Å². The summed E-state index contributed by atoms with van der Waals surface area (Å²) in [4.78, 5) is 0. The average Bonchev–Trinajstić information content (AvgIpc) is 1.02. The molecule has 0 saturated heterocycles. The molecule has 0 aromatic heterocycles. The van der Waals surface area contributed by atoms with Crippen LogP contribution in [0.5, 0.6) is 0 Å². The van der Waals surface area contributed by atoms with Crippen molar-refractivity contribution in [3.05, 3.63) is 461 Å². The molecule has 0 aliphatic rings. The molecule has 8 aromatic carbocycles. The van der Waals surface area contributed by atoms with Crippen molar-refractivity contribution in [2.24, 2.45) is 0 Å². The molecule has 0 saturated carbocycles. The lowest BCUT2D eigenvalue weighted by Gasteiger charge is -1.88. The minimum absolute atomic E-state index is 1.08. The van der Waals surface area contributed by atoms with Gasteiger partial charge >= 0.3 is 0 Å². The quantitative estimate of drug-likeness (QED) is 0.0207. The molecular formula is C130H194. The summed E-state index contributed by atoms with van der Waals surface area (Å²) in [5, 5.41) is 0. The first kappa shape index (κ1) is 137. The van der Waals surface area contributed by atoms with Crippen molar-refractivity contribution in [2.75, 3.05) is 0 Å². The fourth-order valence-corrected chi connectivity index (χ4v) is 9.26. The summed E-state index contributed by atoms with van der Waals surface area (Å²) in [6.45, 7) is 67.8. The van der Waals surface area contributed by atoms with E-state index in [0.717, 1.165) is 25.7 Å². The van der Waals surface area contributed by atoms with Crippen molar-refractivity contribution in [2.45, 2.75) is 304 Å². The number of rotatable bonds is 37. The molecule has 8 aromatic rings. The standard InChI is InChI=1S/2C10H12.6C10H10.5C6H14.2C6H12.2C4H8/c8*1-2-3-7-10-8-5-4-6-9-10;7*1-3-5-6-4-2;2*1-3-4-2/h2*3-9H,2H2,1H3;6*2-9H,1H2;5*3-6H2,1-2H3;2*5-6H,3-4H2,1-2H3;2*3H,1,4H2,2H3/b8*7-3+;;;;;;;;;. The van der Waals surface area contributed by atoms with Gasteiger partial charge in [0.05, 0.1) is 0 Å². The summed E-state index contributed by atoms with van der Waals surface area (Å²) in [6, 6.07) is 81.6. The summed E-state index contributed by atoms with van der Waals surface area (Å²) in [6.07, 6.45) is 92.1. The summed E-state index contributed by atoms with van der Waals surface area (Å²) in [7, 11) is 0.